The van der Waals surface area contributed by atoms with Crippen molar-refractivity contribution in [3.63, 3.8) is 0 Å². The second-order valence-electron chi connectivity index (χ2n) is 3.51. The SMILES string of the molecule is COC(=O)C(=N)Cc1c[nH]c2ccccc12. The van der Waals surface area contributed by atoms with Crippen LogP contribution >= 0.6 is 0 Å². The van der Waals surface area contributed by atoms with E-state index in [4.69, 9.17) is 5.41 Å². The molecule has 0 saturated carbocycles. The second kappa shape index (κ2) is 4.18. The molecule has 16 heavy (non-hydrogen) atoms. The zero-order chi connectivity index (χ0) is 11.5. The minimum atomic E-state index is -0.578. The smallest absolute Gasteiger partial charge is 0.352 e. The van der Waals surface area contributed by atoms with Crippen LogP contribution in [0.15, 0.2) is 30.5 Å². The highest BCUT2D eigenvalue weighted by molar-refractivity contribution is 6.35. The number of methoxy groups -OCH3 is 1. The summed E-state index contributed by atoms with van der Waals surface area (Å²) in [6.07, 6.45) is 2.11. The number of rotatable bonds is 3. The van der Waals surface area contributed by atoms with Gasteiger partial charge in [-0.25, -0.2) is 4.79 Å². The Morgan fingerprint density at radius 3 is 2.94 bits per heavy atom. The van der Waals surface area contributed by atoms with Crippen LogP contribution in [0, 0.1) is 5.41 Å². The van der Waals surface area contributed by atoms with E-state index in [2.05, 4.69) is 9.72 Å². The van der Waals surface area contributed by atoms with Crippen molar-refractivity contribution in [2.24, 2.45) is 0 Å². The van der Waals surface area contributed by atoms with Gasteiger partial charge in [-0.05, 0) is 11.6 Å². The lowest BCUT2D eigenvalue weighted by Gasteiger charge is -2.00. The van der Waals surface area contributed by atoms with Gasteiger partial charge < -0.3 is 9.72 Å². The normalized spacial score (nSPS) is 10.3. The largest absolute Gasteiger partial charge is 0.465 e. The first-order valence-corrected chi connectivity index (χ1v) is 4.93. The number of carbonyl (C=O) groups is 1. The highest BCUT2D eigenvalue weighted by Gasteiger charge is 2.12. The van der Waals surface area contributed by atoms with E-state index in [0.29, 0.717) is 0 Å². The summed E-state index contributed by atoms with van der Waals surface area (Å²) in [6, 6.07) is 7.79. The van der Waals surface area contributed by atoms with Gasteiger partial charge in [0.05, 0.1) is 7.11 Å². The number of carbonyl (C=O) groups excluding carboxylic acids is 1. The fourth-order valence-electron chi connectivity index (χ4n) is 1.66. The summed E-state index contributed by atoms with van der Waals surface area (Å²) in [5, 5.41) is 8.60. The van der Waals surface area contributed by atoms with E-state index in [-0.39, 0.29) is 12.1 Å². The zero-order valence-corrected chi connectivity index (χ0v) is 8.91. The third-order valence-corrected chi connectivity index (χ3v) is 2.47. The first-order valence-electron chi connectivity index (χ1n) is 4.93. The van der Waals surface area contributed by atoms with Crippen LogP contribution in [-0.2, 0) is 16.0 Å². The summed E-state index contributed by atoms with van der Waals surface area (Å²) in [5.74, 6) is -0.578. The number of esters is 1. The number of aromatic nitrogens is 1. The predicted molar refractivity (Wildman–Crippen MR) is 61.7 cm³/mol. The first-order chi connectivity index (χ1) is 7.72. The van der Waals surface area contributed by atoms with Crippen LogP contribution in [-0.4, -0.2) is 23.8 Å². The summed E-state index contributed by atoms with van der Waals surface area (Å²) < 4.78 is 4.50. The number of hydrogen-bond donors (Lipinski definition) is 2. The van der Waals surface area contributed by atoms with Gasteiger partial charge in [-0.2, -0.15) is 0 Å². The molecule has 1 aromatic heterocycles. The lowest BCUT2D eigenvalue weighted by atomic mass is 10.1. The Labute approximate surface area is 92.7 Å². The number of fused-ring (bicyclic) bond motifs is 1. The Balaban J connectivity index is 2.28. The van der Waals surface area contributed by atoms with Crippen LogP contribution in [0.1, 0.15) is 5.56 Å². The van der Waals surface area contributed by atoms with Gasteiger partial charge in [-0.3, -0.25) is 5.41 Å². The molecule has 0 aliphatic heterocycles. The Kier molecular flexibility index (Phi) is 2.72. The molecule has 0 aliphatic carbocycles. The number of benzene rings is 1. The predicted octanol–water partition coefficient (Wildman–Crippen LogP) is 1.90. The van der Waals surface area contributed by atoms with Crippen molar-refractivity contribution < 1.29 is 9.53 Å². The molecule has 2 aromatic rings. The minimum absolute atomic E-state index is 0.0350. The Morgan fingerprint density at radius 2 is 2.19 bits per heavy atom. The van der Waals surface area contributed by atoms with E-state index in [9.17, 15) is 4.79 Å². The molecule has 1 aromatic carbocycles. The fraction of sp³-hybridized carbons (Fsp3) is 0.167. The van der Waals surface area contributed by atoms with Crippen LogP contribution in [0.5, 0.6) is 0 Å². The van der Waals surface area contributed by atoms with Gasteiger partial charge >= 0.3 is 5.97 Å². The first kappa shape index (κ1) is 10.4. The molecular weight excluding hydrogens is 204 g/mol. The van der Waals surface area contributed by atoms with Crippen molar-refractivity contribution in [2.75, 3.05) is 7.11 Å². The number of H-pyrrole nitrogens is 1. The average molecular weight is 216 g/mol. The number of ether oxygens (including phenoxy) is 1. The third kappa shape index (κ3) is 1.82. The molecule has 0 atom stereocenters. The zero-order valence-electron chi connectivity index (χ0n) is 8.91. The monoisotopic (exact) mass is 216 g/mol. The van der Waals surface area contributed by atoms with Gasteiger partial charge in [-0.1, -0.05) is 18.2 Å². The van der Waals surface area contributed by atoms with E-state index >= 15 is 0 Å². The Morgan fingerprint density at radius 1 is 1.44 bits per heavy atom. The van der Waals surface area contributed by atoms with E-state index in [1.807, 2.05) is 30.5 Å². The van der Waals surface area contributed by atoms with Crippen molar-refractivity contribution in [1.29, 1.82) is 5.41 Å². The molecule has 4 nitrogen and oxygen atoms in total. The van der Waals surface area contributed by atoms with Crippen molar-refractivity contribution >= 4 is 22.6 Å². The van der Waals surface area contributed by atoms with Crippen LogP contribution in [0.3, 0.4) is 0 Å². The Hall–Kier alpha value is -2.10. The molecule has 2 N–H and O–H groups in total. The molecule has 0 aliphatic rings. The lowest BCUT2D eigenvalue weighted by Crippen LogP contribution is -2.16. The van der Waals surface area contributed by atoms with Gasteiger partial charge in [0.25, 0.3) is 0 Å². The lowest BCUT2D eigenvalue weighted by molar-refractivity contribution is -0.132. The molecular formula is C12H12N2O2. The average Bonchev–Trinajstić information content (AvgIpc) is 2.72. The van der Waals surface area contributed by atoms with E-state index < -0.39 is 5.97 Å². The summed E-state index contributed by atoms with van der Waals surface area (Å²) in [5.41, 5.74) is 1.91. The quantitative estimate of drug-likeness (QED) is 0.608. The highest BCUT2D eigenvalue weighted by Crippen LogP contribution is 2.18. The summed E-state index contributed by atoms with van der Waals surface area (Å²) >= 11 is 0. The fourth-order valence-corrected chi connectivity index (χ4v) is 1.66. The summed E-state index contributed by atoms with van der Waals surface area (Å²) in [6.45, 7) is 0. The molecule has 0 saturated heterocycles. The van der Waals surface area contributed by atoms with Crippen LogP contribution in [0.4, 0.5) is 0 Å². The van der Waals surface area contributed by atoms with Gasteiger partial charge in [-0.15, -0.1) is 0 Å². The molecule has 0 spiro atoms. The summed E-state index contributed by atoms with van der Waals surface area (Å²) in [4.78, 5) is 14.2. The molecule has 0 radical (unpaired) electrons. The van der Waals surface area contributed by atoms with Crippen molar-refractivity contribution in [3.05, 3.63) is 36.0 Å². The molecule has 0 fully saturated rings. The van der Waals surface area contributed by atoms with Crippen molar-refractivity contribution in [2.45, 2.75) is 6.42 Å². The van der Waals surface area contributed by atoms with Gasteiger partial charge in [0, 0.05) is 23.5 Å². The number of nitrogens with one attached hydrogen (secondary N) is 2. The van der Waals surface area contributed by atoms with E-state index in [1.165, 1.54) is 7.11 Å². The van der Waals surface area contributed by atoms with Gasteiger partial charge in [0.1, 0.15) is 5.71 Å². The second-order valence-corrected chi connectivity index (χ2v) is 3.51. The standard InChI is InChI=1S/C12H12N2O2/c1-16-12(15)10(13)6-8-7-14-11-5-3-2-4-9(8)11/h2-5,7,13-14H,6H2,1H3. The Bertz CT molecular complexity index is 543. The van der Waals surface area contributed by atoms with Crippen molar-refractivity contribution in [1.82, 2.24) is 4.98 Å². The molecule has 0 amide bonds. The van der Waals surface area contributed by atoms with E-state index in [1.54, 1.807) is 0 Å². The topological polar surface area (TPSA) is 65.9 Å². The van der Waals surface area contributed by atoms with Crippen molar-refractivity contribution in [3.8, 4) is 0 Å². The van der Waals surface area contributed by atoms with Crippen LogP contribution in [0.2, 0.25) is 0 Å². The maximum Gasteiger partial charge on any atom is 0.352 e. The number of hydrogen-bond acceptors (Lipinski definition) is 3. The summed E-state index contributed by atoms with van der Waals surface area (Å²) in [7, 11) is 1.28. The van der Waals surface area contributed by atoms with Gasteiger partial charge in [0.2, 0.25) is 0 Å². The molecule has 4 heteroatoms. The van der Waals surface area contributed by atoms with Gasteiger partial charge in [0.15, 0.2) is 0 Å². The van der Waals surface area contributed by atoms with Crippen LogP contribution in [0.25, 0.3) is 10.9 Å². The maximum atomic E-state index is 11.1. The molecule has 0 bridgehead atoms. The third-order valence-electron chi connectivity index (χ3n) is 2.47. The molecule has 1 heterocycles. The number of para-hydroxylation sites is 1. The molecule has 82 valence electrons. The molecule has 2 rings (SSSR count). The number of aromatic amines is 1. The minimum Gasteiger partial charge on any atom is -0.465 e. The molecule has 0 unspecified atom stereocenters. The highest BCUT2D eigenvalue weighted by atomic mass is 16.5. The maximum absolute atomic E-state index is 11.1. The van der Waals surface area contributed by atoms with Crippen LogP contribution < -0.4 is 0 Å². The van der Waals surface area contributed by atoms with E-state index in [0.717, 1.165) is 16.5 Å².